The number of aromatic nitrogens is 1. The van der Waals surface area contributed by atoms with E-state index >= 15 is 0 Å². The summed E-state index contributed by atoms with van der Waals surface area (Å²) in [5.41, 5.74) is 1.51. The lowest BCUT2D eigenvalue weighted by atomic mass is 9.84. The molecular weight excluding hydrogens is 265 g/mol. The standard InChI is InChI=1S/C16H22BNO3/c1-15(2)16(3,4)21-17(20-15)14-10-11-9-12(19-6)7-8-13(11)18(14)5/h7-10H,1-6H3. The SMILES string of the molecule is COc1ccc2c(c1)cc(B1OC(C)(C)C(C)(C)O1)n2C. The predicted octanol–water partition coefficient (Wildman–Crippen LogP) is 2.49. The van der Waals surface area contributed by atoms with Crippen LogP contribution in [-0.2, 0) is 16.4 Å². The van der Waals surface area contributed by atoms with Crippen LogP contribution >= 0.6 is 0 Å². The smallest absolute Gasteiger partial charge is 0.497 e. The first-order chi connectivity index (χ1) is 9.75. The van der Waals surface area contributed by atoms with Crippen molar-refractivity contribution in [2.45, 2.75) is 38.9 Å². The minimum atomic E-state index is -0.349. The van der Waals surface area contributed by atoms with E-state index < -0.39 is 0 Å². The average molecular weight is 287 g/mol. The number of aryl methyl sites for hydroxylation is 1. The predicted molar refractivity (Wildman–Crippen MR) is 85.2 cm³/mol. The van der Waals surface area contributed by atoms with Gasteiger partial charge in [-0.25, -0.2) is 0 Å². The molecule has 1 aromatic heterocycles. The van der Waals surface area contributed by atoms with Gasteiger partial charge in [-0.3, -0.25) is 0 Å². The second kappa shape index (κ2) is 4.52. The molecule has 2 heterocycles. The van der Waals surface area contributed by atoms with Crippen molar-refractivity contribution >= 4 is 23.6 Å². The van der Waals surface area contributed by atoms with Crippen molar-refractivity contribution in [3.05, 3.63) is 24.3 Å². The third-order valence-electron chi connectivity index (χ3n) is 4.78. The van der Waals surface area contributed by atoms with Crippen LogP contribution in [0.1, 0.15) is 27.7 Å². The molecule has 0 bridgehead atoms. The Hall–Kier alpha value is -1.46. The van der Waals surface area contributed by atoms with Crippen LogP contribution < -0.4 is 10.3 Å². The van der Waals surface area contributed by atoms with Crippen LogP contribution in [-0.4, -0.2) is 30.0 Å². The molecule has 0 unspecified atom stereocenters. The summed E-state index contributed by atoms with van der Waals surface area (Å²) in [5, 5.41) is 1.13. The summed E-state index contributed by atoms with van der Waals surface area (Å²) in [4.78, 5) is 0. The fourth-order valence-electron chi connectivity index (χ4n) is 2.67. The van der Waals surface area contributed by atoms with Crippen LogP contribution in [0.4, 0.5) is 0 Å². The summed E-state index contributed by atoms with van der Waals surface area (Å²) in [5.74, 6) is 0.855. The second-order valence-electron chi connectivity index (χ2n) is 6.64. The third-order valence-corrected chi connectivity index (χ3v) is 4.78. The maximum atomic E-state index is 6.14. The van der Waals surface area contributed by atoms with Gasteiger partial charge < -0.3 is 18.6 Å². The zero-order valence-electron chi connectivity index (χ0n) is 13.6. The van der Waals surface area contributed by atoms with Gasteiger partial charge in [-0.1, -0.05) is 0 Å². The van der Waals surface area contributed by atoms with Crippen LogP contribution in [0.2, 0.25) is 0 Å². The highest BCUT2D eigenvalue weighted by atomic mass is 16.7. The molecule has 0 amide bonds. The van der Waals surface area contributed by atoms with E-state index in [4.69, 9.17) is 14.0 Å². The Bertz CT molecular complexity index is 674. The van der Waals surface area contributed by atoms with Crippen LogP contribution in [0.25, 0.3) is 10.9 Å². The van der Waals surface area contributed by atoms with Gasteiger partial charge in [-0.15, -0.1) is 0 Å². The first kappa shape index (κ1) is 14.5. The van der Waals surface area contributed by atoms with Crippen LogP contribution in [0.3, 0.4) is 0 Å². The van der Waals surface area contributed by atoms with Gasteiger partial charge >= 0.3 is 7.12 Å². The number of hydrogen-bond acceptors (Lipinski definition) is 3. The van der Waals surface area contributed by atoms with E-state index in [-0.39, 0.29) is 18.3 Å². The molecule has 0 saturated carbocycles. The number of benzene rings is 1. The summed E-state index contributed by atoms with van der Waals surface area (Å²) < 4.78 is 19.7. The Labute approximate surface area is 126 Å². The van der Waals surface area contributed by atoms with Crippen molar-refractivity contribution in [1.82, 2.24) is 4.57 Å². The highest BCUT2D eigenvalue weighted by Gasteiger charge is 2.52. The molecule has 1 aromatic carbocycles. The molecule has 1 saturated heterocycles. The minimum absolute atomic E-state index is 0.328. The van der Waals surface area contributed by atoms with E-state index in [1.54, 1.807) is 7.11 Å². The molecule has 4 nitrogen and oxygen atoms in total. The molecule has 1 aliphatic heterocycles. The summed E-state index contributed by atoms with van der Waals surface area (Å²) in [6, 6.07) is 8.17. The zero-order chi connectivity index (χ0) is 15.4. The van der Waals surface area contributed by atoms with Crippen LogP contribution in [0, 0.1) is 0 Å². The number of rotatable bonds is 2. The van der Waals surface area contributed by atoms with Crippen molar-refractivity contribution in [1.29, 1.82) is 0 Å². The number of nitrogens with zero attached hydrogens (tertiary/aromatic N) is 1. The first-order valence-corrected chi connectivity index (χ1v) is 7.24. The van der Waals surface area contributed by atoms with Crippen molar-refractivity contribution in [2.75, 3.05) is 7.11 Å². The van der Waals surface area contributed by atoms with Crippen LogP contribution in [0.5, 0.6) is 5.75 Å². The van der Waals surface area contributed by atoms with Gasteiger partial charge in [0.2, 0.25) is 0 Å². The van der Waals surface area contributed by atoms with Gasteiger partial charge in [0.25, 0.3) is 0 Å². The van der Waals surface area contributed by atoms with Gasteiger partial charge in [-0.2, -0.15) is 0 Å². The van der Waals surface area contributed by atoms with E-state index in [9.17, 15) is 0 Å². The zero-order valence-corrected chi connectivity index (χ0v) is 13.6. The Morgan fingerprint density at radius 2 is 1.67 bits per heavy atom. The molecule has 112 valence electrons. The van der Waals surface area contributed by atoms with Crippen molar-refractivity contribution in [3.8, 4) is 5.75 Å². The molecule has 3 rings (SSSR count). The Kier molecular flexibility index (Phi) is 3.12. The second-order valence-corrected chi connectivity index (χ2v) is 6.64. The lowest BCUT2D eigenvalue weighted by Crippen LogP contribution is -2.41. The summed E-state index contributed by atoms with van der Waals surface area (Å²) in [6.07, 6.45) is 0. The molecule has 2 aromatic rings. The van der Waals surface area contributed by atoms with E-state index in [1.165, 1.54) is 0 Å². The molecule has 21 heavy (non-hydrogen) atoms. The molecular formula is C16H22BNO3. The summed E-state index contributed by atoms with van der Waals surface area (Å²) in [6.45, 7) is 8.27. The Morgan fingerprint density at radius 1 is 1.05 bits per heavy atom. The minimum Gasteiger partial charge on any atom is -0.497 e. The molecule has 1 fully saturated rings. The first-order valence-electron chi connectivity index (χ1n) is 7.24. The van der Waals surface area contributed by atoms with Crippen molar-refractivity contribution in [2.24, 2.45) is 7.05 Å². The lowest BCUT2D eigenvalue weighted by molar-refractivity contribution is 0.00578. The molecule has 0 N–H and O–H groups in total. The number of fused-ring (bicyclic) bond motifs is 1. The molecule has 0 atom stereocenters. The van der Waals surface area contributed by atoms with E-state index in [0.29, 0.717) is 0 Å². The van der Waals surface area contributed by atoms with Crippen molar-refractivity contribution < 1.29 is 14.0 Å². The maximum Gasteiger partial charge on any atom is 0.512 e. The lowest BCUT2D eigenvalue weighted by Gasteiger charge is -2.32. The molecule has 0 aliphatic carbocycles. The summed E-state index contributed by atoms with van der Waals surface area (Å²) in [7, 11) is 3.37. The van der Waals surface area contributed by atoms with Gasteiger partial charge in [-0.05, 0) is 52.0 Å². The monoisotopic (exact) mass is 287 g/mol. The fourth-order valence-corrected chi connectivity index (χ4v) is 2.67. The quantitative estimate of drug-likeness (QED) is 0.795. The van der Waals surface area contributed by atoms with Crippen LogP contribution in [0.15, 0.2) is 24.3 Å². The van der Waals surface area contributed by atoms with E-state index in [2.05, 4.69) is 44.4 Å². The highest BCUT2D eigenvalue weighted by Crippen LogP contribution is 2.36. The number of ether oxygens (including phenoxy) is 1. The largest absolute Gasteiger partial charge is 0.512 e. The average Bonchev–Trinajstić information content (AvgIpc) is 2.84. The van der Waals surface area contributed by atoms with Gasteiger partial charge in [0.15, 0.2) is 0 Å². The van der Waals surface area contributed by atoms with E-state index in [1.807, 2.05) is 19.2 Å². The van der Waals surface area contributed by atoms with Gasteiger partial charge in [0.05, 0.1) is 18.3 Å². The van der Waals surface area contributed by atoms with Crippen molar-refractivity contribution in [3.63, 3.8) is 0 Å². The normalized spacial score (nSPS) is 20.2. The topological polar surface area (TPSA) is 32.6 Å². The summed E-state index contributed by atoms with van der Waals surface area (Å²) >= 11 is 0. The molecule has 1 aliphatic rings. The molecule has 0 spiro atoms. The maximum absolute atomic E-state index is 6.14. The Balaban J connectivity index is 2.04. The fraction of sp³-hybridized carbons (Fsp3) is 0.500. The van der Waals surface area contributed by atoms with Gasteiger partial charge in [0, 0.05) is 23.5 Å². The number of hydrogen-bond donors (Lipinski definition) is 0. The van der Waals surface area contributed by atoms with Gasteiger partial charge in [0.1, 0.15) is 5.75 Å². The third kappa shape index (κ3) is 2.15. The Morgan fingerprint density at radius 3 is 2.24 bits per heavy atom. The molecule has 5 heteroatoms. The number of methoxy groups -OCH3 is 1. The molecule has 0 radical (unpaired) electrons. The highest BCUT2D eigenvalue weighted by molar-refractivity contribution is 6.61. The van der Waals surface area contributed by atoms with E-state index in [0.717, 1.165) is 22.2 Å².